The van der Waals surface area contributed by atoms with Crippen LogP contribution in [0.1, 0.15) is 6.42 Å². The molecule has 0 saturated carbocycles. The van der Waals surface area contributed by atoms with E-state index in [0.717, 1.165) is 30.9 Å². The highest BCUT2D eigenvalue weighted by atomic mass is 35.5. The second-order valence-corrected chi connectivity index (χ2v) is 8.20. The first-order chi connectivity index (χ1) is 12.0. The molecule has 1 saturated heterocycles. The number of benzene rings is 2. The number of para-hydroxylation sites is 2. The molecule has 1 heterocycles. The third-order valence-electron chi connectivity index (χ3n) is 4.40. The van der Waals surface area contributed by atoms with E-state index < -0.39 is 10.0 Å². The van der Waals surface area contributed by atoms with Gasteiger partial charge >= 0.3 is 0 Å². The number of hydrogen-bond acceptors (Lipinski definition) is 4. The first-order valence-corrected chi connectivity index (χ1v) is 9.99. The highest BCUT2D eigenvalue weighted by Gasteiger charge is 2.26. The Morgan fingerprint density at radius 2 is 1.92 bits per heavy atom. The molecule has 1 N–H and O–H groups in total. The summed E-state index contributed by atoms with van der Waals surface area (Å²) in [6, 6.07) is 14.3. The molecule has 0 aromatic heterocycles. The predicted molar refractivity (Wildman–Crippen MR) is 100.0 cm³/mol. The second-order valence-electron chi connectivity index (χ2n) is 6.05. The van der Waals surface area contributed by atoms with Crippen LogP contribution in [0.3, 0.4) is 0 Å². The fourth-order valence-corrected chi connectivity index (χ4v) is 4.71. The molecule has 7 heteroatoms. The van der Waals surface area contributed by atoms with Crippen molar-refractivity contribution in [2.24, 2.45) is 5.92 Å². The Hall–Kier alpha value is -1.76. The van der Waals surface area contributed by atoms with Crippen LogP contribution in [-0.2, 0) is 10.0 Å². The molecule has 0 aliphatic carbocycles. The molecule has 1 aliphatic heterocycles. The van der Waals surface area contributed by atoms with Gasteiger partial charge in [-0.15, -0.1) is 0 Å². The lowest BCUT2D eigenvalue weighted by atomic mass is 10.1. The molecule has 134 valence electrons. The summed E-state index contributed by atoms with van der Waals surface area (Å²) < 4.78 is 33.0. The largest absolute Gasteiger partial charge is 0.495 e. The second kappa shape index (κ2) is 7.64. The van der Waals surface area contributed by atoms with E-state index >= 15 is 0 Å². The van der Waals surface area contributed by atoms with Crippen LogP contribution in [0.2, 0.25) is 5.02 Å². The summed E-state index contributed by atoms with van der Waals surface area (Å²) in [6.07, 6.45) is 0.920. The third kappa shape index (κ3) is 4.08. The number of ether oxygens (including phenoxy) is 1. The van der Waals surface area contributed by atoms with Crippen molar-refractivity contribution in [2.75, 3.05) is 31.6 Å². The zero-order valence-electron chi connectivity index (χ0n) is 14.0. The van der Waals surface area contributed by atoms with E-state index in [4.69, 9.17) is 16.3 Å². The number of nitrogens with zero attached hydrogens (tertiary/aromatic N) is 1. The molecular formula is C18H21ClN2O3S. The van der Waals surface area contributed by atoms with Crippen LogP contribution < -0.4 is 14.4 Å². The predicted octanol–water partition coefficient (Wildman–Crippen LogP) is 3.15. The van der Waals surface area contributed by atoms with Gasteiger partial charge in [0.15, 0.2) is 0 Å². The lowest BCUT2D eigenvalue weighted by molar-refractivity contribution is 0.414. The Bertz CT molecular complexity index is 842. The van der Waals surface area contributed by atoms with E-state index in [1.165, 1.54) is 6.07 Å². The lowest BCUT2D eigenvalue weighted by Crippen LogP contribution is -2.31. The van der Waals surface area contributed by atoms with Gasteiger partial charge in [0.05, 0.1) is 17.8 Å². The number of halogens is 1. The van der Waals surface area contributed by atoms with Gasteiger partial charge in [-0.1, -0.05) is 35.9 Å². The van der Waals surface area contributed by atoms with Crippen molar-refractivity contribution in [3.63, 3.8) is 0 Å². The van der Waals surface area contributed by atoms with Crippen LogP contribution in [0, 0.1) is 5.92 Å². The molecule has 1 unspecified atom stereocenters. The van der Waals surface area contributed by atoms with Gasteiger partial charge in [0.2, 0.25) is 10.0 Å². The van der Waals surface area contributed by atoms with E-state index in [0.29, 0.717) is 6.54 Å². The minimum Gasteiger partial charge on any atom is -0.495 e. The normalized spacial score (nSPS) is 17.7. The SMILES string of the molecule is COc1ccccc1N1CCC(CNS(=O)(=O)c2ccccc2Cl)C1. The van der Waals surface area contributed by atoms with Crippen LogP contribution in [0.25, 0.3) is 0 Å². The van der Waals surface area contributed by atoms with Crippen LogP contribution in [-0.4, -0.2) is 35.2 Å². The van der Waals surface area contributed by atoms with Crippen molar-refractivity contribution in [3.8, 4) is 5.75 Å². The van der Waals surface area contributed by atoms with Crippen LogP contribution in [0.15, 0.2) is 53.4 Å². The smallest absolute Gasteiger partial charge is 0.242 e. The molecular weight excluding hydrogens is 360 g/mol. The maximum Gasteiger partial charge on any atom is 0.242 e. The highest BCUT2D eigenvalue weighted by molar-refractivity contribution is 7.89. The fraction of sp³-hybridized carbons (Fsp3) is 0.333. The molecule has 2 aromatic carbocycles. The van der Waals surface area contributed by atoms with Gasteiger partial charge in [0.1, 0.15) is 10.6 Å². The van der Waals surface area contributed by atoms with Gasteiger partial charge in [-0.05, 0) is 36.6 Å². The summed E-state index contributed by atoms with van der Waals surface area (Å²) in [4.78, 5) is 2.35. The first-order valence-electron chi connectivity index (χ1n) is 8.13. The van der Waals surface area contributed by atoms with Crippen LogP contribution >= 0.6 is 11.6 Å². The standard InChI is InChI=1S/C18H21ClN2O3S/c1-24-17-8-4-3-7-16(17)21-11-10-14(13-21)12-20-25(22,23)18-9-5-2-6-15(18)19/h2-9,14,20H,10-13H2,1H3. The monoisotopic (exact) mass is 380 g/mol. The van der Waals surface area contributed by atoms with Crippen molar-refractivity contribution in [2.45, 2.75) is 11.3 Å². The average Bonchev–Trinajstić information content (AvgIpc) is 3.09. The Morgan fingerprint density at radius 1 is 1.20 bits per heavy atom. The zero-order valence-corrected chi connectivity index (χ0v) is 15.6. The van der Waals surface area contributed by atoms with Crippen molar-refractivity contribution in [3.05, 3.63) is 53.6 Å². The van der Waals surface area contributed by atoms with Gasteiger partial charge in [-0.2, -0.15) is 0 Å². The van der Waals surface area contributed by atoms with Gasteiger partial charge in [-0.25, -0.2) is 13.1 Å². The van der Waals surface area contributed by atoms with Crippen LogP contribution in [0.5, 0.6) is 5.75 Å². The Labute approximate surface area is 153 Å². The Balaban J connectivity index is 1.63. The maximum absolute atomic E-state index is 12.4. The number of rotatable bonds is 6. The fourth-order valence-electron chi connectivity index (χ4n) is 3.08. The summed E-state index contributed by atoms with van der Waals surface area (Å²) >= 11 is 6.00. The van der Waals surface area contributed by atoms with Crippen LogP contribution in [0.4, 0.5) is 5.69 Å². The van der Waals surface area contributed by atoms with Crippen molar-refractivity contribution in [1.82, 2.24) is 4.72 Å². The zero-order chi connectivity index (χ0) is 17.9. The molecule has 25 heavy (non-hydrogen) atoms. The minimum atomic E-state index is -3.60. The first kappa shape index (κ1) is 18.0. The van der Waals surface area contributed by atoms with Crippen molar-refractivity contribution < 1.29 is 13.2 Å². The highest BCUT2D eigenvalue weighted by Crippen LogP contribution is 2.32. The molecule has 5 nitrogen and oxygen atoms in total. The average molecular weight is 381 g/mol. The molecule has 0 spiro atoms. The molecule has 1 atom stereocenters. The summed E-state index contributed by atoms with van der Waals surface area (Å²) in [5.41, 5.74) is 1.04. The van der Waals surface area contributed by atoms with Crippen molar-refractivity contribution >= 4 is 27.3 Å². The number of methoxy groups -OCH3 is 1. The quantitative estimate of drug-likeness (QED) is 0.836. The van der Waals surface area contributed by atoms with E-state index in [1.807, 2.05) is 24.3 Å². The molecule has 1 fully saturated rings. The van der Waals surface area contributed by atoms with Gasteiger partial charge in [0, 0.05) is 19.6 Å². The van der Waals surface area contributed by atoms with Gasteiger partial charge in [-0.3, -0.25) is 0 Å². The van der Waals surface area contributed by atoms with Crippen molar-refractivity contribution in [1.29, 1.82) is 0 Å². The molecule has 0 bridgehead atoms. The molecule has 0 radical (unpaired) electrons. The summed E-state index contributed by atoms with van der Waals surface area (Å²) in [7, 11) is -1.94. The Kier molecular flexibility index (Phi) is 5.51. The minimum absolute atomic E-state index is 0.122. The summed E-state index contributed by atoms with van der Waals surface area (Å²) in [5.74, 6) is 1.07. The molecule has 0 amide bonds. The van der Waals surface area contributed by atoms with E-state index in [1.54, 1.807) is 25.3 Å². The number of nitrogens with one attached hydrogen (secondary N) is 1. The summed E-state index contributed by atoms with van der Waals surface area (Å²) in [6.45, 7) is 2.05. The lowest BCUT2D eigenvalue weighted by Gasteiger charge is -2.21. The number of anilines is 1. The molecule has 1 aliphatic rings. The molecule has 3 rings (SSSR count). The third-order valence-corrected chi connectivity index (χ3v) is 6.32. The topological polar surface area (TPSA) is 58.6 Å². The number of sulfonamides is 1. The maximum atomic E-state index is 12.4. The van der Waals surface area contributed by atoms with Gasteiger partial charge in [0.25, 0.3) is 0 Å². The molecule has 2 aromatic rings. The summed E-state index contributed by atoms with van der Waals surface area (Å²) in [5, 5.41) is 0.233. The Morgan fingerprint density at radius 3 is 2.68 bits per heavy atom. The number of hydrogen-bond donors (Lipinski definition) is 1. The van der Waals surface area contributed by atoms with E-state index in [9.17, 15) is 8.42 Å². The van der Waals surface area contributed by atoms with Gasteiger partial charge < -0.3 is 9.64 Å². The van der Waals surface area contributed by atoms with E-state index in [2.05, 4.69) is 9.62 Å². The van der Waals surface area contributed by atoms with E-state index in [-0.39, 0.29) is 15.8 Å².